The van der Waals surface area contributed by atoms with Gasteiger partial charge in [0.1, 0.15) is 5.82 Å². The van der Waals surface area contributed by atoms with Gasteiger partial charge in [-0.05, 0) is 36.8 Å². The minimum Gasteiger partial charge on any atom is -0.310 e. The quantitative estimate of drug-likeness (QED) is 0.638. The molecule has 1 aromatic heterocycles. The number of aromatic nitrogens is 2. The molecule has 1 heterocycles. The highest BCUT2D eigenvalue weighted by Crippen LogP contribution is 2.24. The first kappa shape index (κ1) is 17.6. The minimum absolute atomic E-state index is 0.0493. The molecule has 0 aliphatic heterocycles. The monoisotopic (exact) mass is 371 g/mol. The van der Waals surface area contributed by atoms with E-state index in [1.165, 1.54) is 11.8 Å². The third kappa shape index (κ3) is 4.87. The summed E-state index contributed by atoms with van der Waals surface area (Å²) in [5, 5.41) is 7.74. The zero-order chi connectivity index (χ0) is 17.6. The van der Waals surface area contributed by atoms with Gasteiger partial charge in [0.25, 0.3) is 0 Å². The van der Waals surface area contributed by atoms with E-state index in [0.717, 1.165) is 10.5 Å². The predicted octanol–water partition coefficient (Wildman–Crippen LogP) is 4.70. The number of benzene rings is 2. The third-order valence-corrected chi connectivity index (χ3v) is 5.00. The molecule has 0 saturated heterocycles. The highest BCUT2D eigenvalue weighted by atomic mass is 35.5. The molecule has 3 aromatic rings. The summed E-state index contributed by atoms with van der Waals surface area (Å²) < 4.78 is 1.76. The fourth-order valence-corrected chi connectivity index (χ4v) is 3.33. The van der Waals surface area contributed by atoms with Crippen LogP contribution in [-0.4, -0.2) is 20.9 Å². The molecular formula is C19H18ClN3OS. The number of anilines is 1. The highest BCUT2D eigenvalue weighted by molar-refractivity contribution is 8.00. The normalized spacial score (nSPS) is 11.9. The number of hydrogen-bond acceptors (Lipinski definition) is 3. The van der Waals surface area contributed by atoms with Crippen LogP contribution < -0.4 is 5.32 Å². The molecule has 0 fully saturated rings. The van der Waals surface area contributed by atoms with Crippen LogP contribution in [0.2, 0.25) is 5.02 Å². The van der Waals surface area contributed by atoms with Gasteiger partial charge >= 0.3 is 0 Å². The standard InChI is InChI=1S/C19H18ClN3OS/c1-14(25-17-5-3-2-4-6-17)19(24)22-18-11-12-21-23(18)13-15-7-9-16(20)10-8-15/h2-12,14H,13H2,1H3,(H,22,24)/t14-/m0/s1. The SMILES string of the molecule is C[C@H](Sc1ccccc1)C(=O)Nc1ccnn1Cc1ccc(Cl)cc1. The Morgan fingerprint density at radius 1 is 1.16 bits per heavy atom. The number of halogens is 1. The number of hydrogen-bond donors (Lipinski definition) is 1. The Morgan fingerprint density at radius 3 is 2.60 bits per heavy atom. The lowest BCUT2D eigenvalue weighted by Crippen LogP contribution is -2.24. The maximum absolute atomic E-state index is 12.5. The summed E-state index contributed by atoms with van der Waals surface area (Å²) >= 11 is 7.44. The van der Waals surface area contributed by atoms with Crippen molar-refractivity contribution in [1.82, 2.24) is 9.78 Å². The van der Waals surface area contributed by atoms with Crippen molar-refractivity contribution >= 4 is 35.1 Å². The van der Waals surface area contributed by atoms with E-state index < -0.39 is 0 Å². The van der Waals surface area contributed by atoms with E-state index >= 15 is 0 Å². The van der Waals surface area contributed by atoms with E-state index in [1.807, 2.05) is 61.5 Å². The number of thioether (sulfide) groups is 1. The van der Waals surface area contributed by atoms with Crippen LogP contribution in [-0.2, 0) is 11.3 Å². The fourth-order valence-electron chi connectivity index (χ4n) is 2.31. The number of carbonyl (C=O) groups is 1. The van der Waals surface area contributed by atoms with Crippen molar-refractivity contribution in [2.75, 3.05) is 5.32 Å². The number of nitrogens with one attached hydrogen (secondary N) is 1. The van der Waals surface area contributed by atoms with Gasteiger partial charge in [-0.15, -0.1) is 11.8 Å². The molecule has 0 aliphatic rings. The molecule has 1 atom stereocenters. The van der Waals surface area contributed by atoms with Crippen LogP contribution in [0.3, 0.4) is 0 Å². The van der Waals surface area contributed by atoms with E-state index in [2.05, 4.69) is 10.4 Å². The smallest absolute Gasteiger partial charge is 0.238 e. The van der Waals surface area contributed by atoms with Crippen LogP contribution in [0.4, 0.5) is 5.82 Å². The van der Waals surface area contributed by atoms with Crippen molar-refractivity contribution in [3.8, 4) is 0 Å². The lowest BCUT2D eigenvalue weighted by atomic mass is 10.2. The molecule has 0 saturated carbocycles. The Balaban J connectivity index is 1.64. The summed E-state index contributed by atoms with van der Waals surface area (Å²) in [7, 11) is 0. The molecule has 3 rings (SSSR count). The molecular weight excluding hydrogens is 354 g/mol. The van der Waals surface area contributed by atoms with Crippen LogP contribution in [0.25, 0.3) is 0 Å². The molecule has 128 valence electrons. The van der Waals surface area contributed by atoms with Crippen molar-refractivity contribution in [3.05, 3.63) is 77.4 Å². The summed E-state index contributed by atoms with van der Waals surface area (Å²) in [4.78, 5) is 13.5. The molecule has 0 bridgehead atoms. The first-order valence-electron chi connectivity index (χ1n) is 7.90. The first-order valence-corrected chi connectivity index (χ1v) is 9.16. The zero-order valence-electron chi connectivity index (χ0n) is 13.7. The molecule has 0 spiro atoms. The van der Waals surface area contributed by atoms with E-state index in [1.54, 1.807) is 16.9 Å². The summed E-state index contributed by atoms with van der Waals surface area (Å²) in [6.45, 7) is 2.47. The second-order valence-corrected chi connectivity index (χ2v) is 7.41. The van der Waals surface area contributed by atoms with Crippen molar-refractivity contribution < 1.29 is 4.79 Å². The fraction of sp³-hybridized carbons (Fsp3) is 0.158. The Kier molecular flexibility index (Phi) is 5.79. The Morgan fingerprint density at radius 2 is 1.88 bits per heavy atom. The van der Waals surface area contributed by atoms with Gasteiger partial charge in [-0.2, -0.15) is 5.10 Å². The van der Waals surface area contributed by atoms with Crippen molar-refractivity contribution in [3.63, 3.8) is 0 Å². The molecule has 4 nitrogen and oxygen atoms in total. The second kappa shape index (κ2) is 8.23. The molecule has 6 heteroatoms. The molecule has 0 unspecified atom stereocenters. The third-order valence-electron chi connectivity index (χ3n) is 3.64. The molecule has 0 radical (unpaired) electrons. The van der Waals surface area contributed by atoms with Crippen LogP contribution in [0.15, 0.2) is 71.8 Å². The van der Waals surface area contributed by atoms with E-state index in [0.29, 0.717) is 17.4 Å². The molecule has 2 aromatic carbocycles. The van der Waals surface area contributed by atoms with Gasteiger partial charge in [0.2, 0.25) is 5.91 Å². The predicted molar refractivity (Wildman–Crippen MR) is 103 cm³/mol. The lowest BCUT2D eigenvalue weighted by Gasteiger charge is -2.13. The Hall–Kier alpha value is -2.24. The number of carbonyl (C=O) groups excluding carboxylic acids is 1. The summed E-state index contributed by atoms with van der Waals surface area (Å²) in [6, 6.07) is 19.3. The maximum Gasteiger partial charge on any atom is 0.238 e. The molecule has 25 heavy (non-hydrogen) atoms. The Labute approximate surface area is 156 Å². The topological polar surface area (TPSA) is 46.9 Å². The average molecular weight is 372 g/mol. The largest absolute Gasteiger partial charge is 0.310 e. The van der Waals surface area contributed by atoms with Crippen molar-refractivity contribution in [1.29, 1.82) is 0 Å². The van der Waals surface area contributed by atoms with Gasteiger partial charge < -0.3 is 5.32 Å². The first-order chi connectivity index (χ1) is 12.1. The highest BCUT2D eigenvalue weighted by Gasteiger charge is 2.16. The summed E-state index contributed by atoms with van der Waals surface area (Å²) in [6.07, 6.45) is 1.68. The molecule has 1 amide bonds. The van der Waals surface area contributed by atoms with Gasteiger partial charge in [0.05, 0.1) is 18.0 Å². The Bertz CT molecular complexity index is 833. The number of nitrogens with zero attached hydrogens (tertiary/aromatic N) is 2. The summed E-state index contributed by atoms with van der Waals surface area (Å²) in [5.74, 6) is 0.632. The van der Waals surface area contributed by atoms with Crippen LogP contribution in [0.5, 0.6) is 0 Å². The average Bonchev–Trinajstić information content (AvgIpc) is 3.04. The van der Waals surface area contributed by atoms with Crippen LogP contribution in [0.1, 0.15) is 12.5 Å². The van der Waals surface area contributed by atoms with Gasteiger partial charge in [-0.25, -0.2) is 4.68 Å². The minimum atomic E-state index is -0.207. The molecule has 1 N–H and O–H groups in total. The van der Waals surface area contributed by atoms with Gasteiger partial charge in [-0.1, -0.05) is 41.9 Å². The van der Waals surface area contributed by atoms with Gasteiger partial charge in [0, 0.05) is 16.0 Å². The van der Waals surface area contributed by atoms with Gasteiger partial charge in [0.15, 0.2) is 0 Å². The summed E-state index contributed by atoms with van der Waals surface area (Å²) in [5.41, 5.74) is 1.07. The van der Waals surface area contributed by atoms with Crippen molar-refractivity contribution in [2.24, 2.45) is 0 Å². The molecule has 0 aliphatic carbocycles. The van der Waals surface area contributed by atoms with Crippen LogP contribution >= 0.6 is 23.4 Å². The number of amides is 1. The van der Waals surface area contributed by atoms with E-state index in [9.17, 15) is 4.79 Å². The lowest BCUT2D eigenvalue weighted by molar-refractivity contribution is -0.115. The van der Waals surface area contributed by atoms with Crippen LogP contribution in [0, 0.1) is 0 Å². The van der Waals surface area contributed by atoms with E-state index in [-0.39, 0.29) is 11.2 Å². The van der Waals surface area contributed by atoms with E-state index in [4.69, 9.17) is 11.6 Å². The zero-order valence-corrected chi connectivity index (χ0v) is 15.3. The second-order valence-electron chi connectivity index (χ2n) is 5.56. The maximum atomic E-state index is 12.5. The number of rotatable bonds is 6. The van der Waals surface area contributed by atoms with Gasteiger partial charge in [-0.3, -0.25) is 4.79 Å². The van der Waals surface area contributed by atoms with Crippen molar-refractivity contribution in [2.45, 2.75) is 23.6 Å².